The van der Waals surface area contributed by atoms with E-state index in [-0.39, 0.29) is 5.82 Å². The first-order chi connectivity index (χ1) is 9.16. The van der Waals surface area contributed by atoms with E-state index in [1.165, 1.54) is 12.4 Å². The van der Waals surface area contributed by atoms with Crippen LogP contribution in [0.4, 0.5) is 15.9 Å². The van der Waals surface area contributed by atoms with E-state index in [0.29, 0.717) is 17.3 Å². The first-order valence-corrected chi connectivity index (χ1v) is 5.85. The highest BCUT2D eigenvalue weighted by Gasteiger charge is 2.12. The average molecular weight is 257 g/mol. The van der Waals surface area contributed by atoms with E-state index in [9.17, 15) is 4.39 Å². The summed E-state index contributed by atoms with van der Waals surface area (Å²) in [5.41, 5.74) is 2.13. The van der Waals surface area contributed by atoms with Gasteiger partial charge in [0.05, 0.1) is 5.69 Å². The minimum atomic E-state index is -0.315. The van der Waals surface area contributed by atoms with Crippen LogP contribution >= 0.6 is 0 Å². The number of aromatic nitrogens is 4. The lowest BCUT2D eigenvalue weighted by molar-refractivity contribution is 0.631. The molecule has 3 aromatic rings. The Morgan fingerprint density at radius 3 is 2.79 bits per heavy atom. The first-order valence-electron chi connectivity index (χ1n) is 5.85. The van der Waals surface area contributed by atoms with E-state index in [0.717, 1.165) is 11.3 Å². The summed E-state index contributed by atoms with van der Waals surface area (Å²) >= 11 is 0. The second kappa shape index (κ2) is 4.31. The highest BCUT2D eigenvalue weighted by atomic mass is 19.1. The molecule has 0 unspecified atom stereocenters. The fourth-order valence-electron chi connectivity index (χ4n) is 1.87. The maximum atomic E-state index is 13.7. The van der Waals surface area contributed by atoms with Gasteiger partial charge < -0.3 is 5.32 Å². The number of aryl methyl sites for hydroxylation is 1. The summed E-state index contributed by atoms with van der Waals surface area (Å²) in [5.74, 6) is 0.844. The van der Waals surface area contributed by atoms with Crippen LogP contribution in [0.2, 0.25) is 0 Å². The lowest BCUT2D eigenvalue weighted by Gasteiger charge is -2.12. The Balaban J connectivity index is 2.17. The minimum absolute atomic E-state index is 0.315. The molecule has 0 atom stereocenters. The predicted octanol–water partition coefficient (Wildman–Crippen LogP) is 2.62. The van der Waals surface area contributed by atoms with Gasteiger partial charge in [0.1, 0.15) is 18.0 Å². The van der Waals surface area contributed by atoms with Crippen LogP contribution in [-0.4, -0.2) is 19.6 Å². The van der Waals surface area contributed by atoms with Gasteiger partial charge in [0.2, 0.25) is 0 Å². The summed E-state index contributed by atoms with van der Waals surface area (Å²) in [4.78, 5) is 8.37. The van der Waals surface area contributed by atoms with Crippen molar-refractivity contribution in [3.63, 3.8) is 0 Å². The number of hydrogen-bond donors (Lipinski definition) is 1. The highest BCUT2D eigenvalue weighted by molar-refractivity contribution is 5.62. The number of hydrogen-bond acceptors (Lipinski definition) is 4. The fourth-order valence-corrected chi connectivity index (χ4v) is 1.87. The smallest absolute Gasteiger partial charge is 0.254 e. The third-order valence-corrected chi connectivity index (χ3v) is 3.03. The molecule has 0 aliphatic heterocycles. The number of benzene rings is 1. The molecule has 0 radical (unpaired) electrons. The van der Waals surface area contributed by atoms with E-state index < -0.39 is 0 Å². The lowest BCUT2D eigenvalue weighted by atomic mass is 10.2. The van der Waals surface area contributed by atoms with Gasteiger partial charge in [0, 0.05) is 11.3 Å². The molecule has 0 aliphatic carbocycles. The van der Waals surface area contributed by atoms with Gasteiger partial charge in [-0.15, -0.1) is 0 Å². The van der Waals surface area contributed by atoms with E-state index in [4.69, 9.17) is 0 Å². The van der Waals surface area contributed by atoms with Crippen LogP contribution in [0.15, 0.2) is 30.6 Å². The molecule has 1 aromatic carbocycles. The number of halogens is 1. The number of rotatable bonds is 2. The van der Waals surface area contributed by atoms with Crippen LogP contribution in [0, 0.1) is 19.7 Å². The van der Waals surface area contributed by atoms with E-state index in [1.54, 1.807) is 22.7 Å². The Labute approximate surface area is 109 Å². The number of nitrogens with zero attached hydrogens (tertiary/aromatic N) is 4. The molecule has 0 fully saturated rings. The Morgan fingerprint density at radius 1 is 1.21 bits per heavy atom. The third-order valence-electron chi connectivity index (χ3n) is 3.03. The molecule has 0 saturated carbocycles. The van der Waals surface area contributed by atoms with Crippen molar-refractivity contribution in [3.05, 3.63) is 47.7 Å². The van der Waals surface area contributed by atoms with Gasteiger partial charge in [0.15, 0.2) is 0 Å². The Bertz CT molecular complexity index is 750. The van der Waals surface area contributed by atoms with Crippen LogP contribution in [-0.2, 0) is 0 Å². The topological polar surface area (TPSA) is 55.1 Å². The molecule has 0 saturated heterocycles. The summed E-state index contributed by atoms with van der Waals surface area (Å²) in [6.07, 6.45) is 1.42. The lowest BCUT2D eigenvalue weighted by Crippen LogP contribution is -2.07. The molecule has 0 amide bonds. The molecule has 1 N–H and O–H groups in total. The van der Waals surface area contributed by atoms with Crippen molar-refractivity contribution in [2.24, 2.45) is 0 Å². The molecule has 96 valence electrons. The van der Waals surface area contributed by atoms with Crippen molar-refractivity contribution in [2.75, 3.05) is 5.32 Å². The van der Waals surface area contributed by atoms with Gasteiger partial charge in [-0.25, -0.2) is 9.37 Å². The number of nitrogens with one attached hydrogen (secondary N) is 1. The van der Waals surface area contributed by atoms with Gasteiger partial charge in [-0.1, -0.05) is 12.1 Å². The molecule has 5 nitrogen and oxygen atoms in total. The second-order valence-electron chi connectivity index (χ2n) is 4.25. The average Bonchev–Trinajstić information content (AvgIpc) is 2.85. The molecule has 0 aliphatic rings. The standard InChI is InChI=1S/C13H12FN5/c1-8-9(2)17-13-15-7-16-19(13)12(8)18-11-6-4-3-5-10(11)14/h3-7,18H,1-2H3. The quantitative estimate of drug-likeness (QED) is 0.766. The van der Waals surface area contributed by atoms with Crippen molar-refractivity contribution >= 4 is 17.3 Å². The zero-order valence-corrected chi connectivity index (χ0v) is 10.6. The molecule has 0 spiro atoms. The van der Waals surface area contributed by atoms with Gasteiger partial charge in [-0.3, -0.25) is 0 Å². The summed E-state index contributed by atoms with van der Waals surface area (Å²) < 4.78 is 15.3. The van der Waals surface area contributed by atoms with Crippen molar-refractivity contribution < 1.29 is 4.39 Å². The van der Waals surface area contributed by atoms with Gasteiger partial charge in [-0.2, -0.15) is 14.6 Å². The summed E-state index contributed by atoms with van der Waals surface area (Å²) in [6, 6.07) is 6.50. The molecule has 2 heterocycles. The summed E-state index contributed by atoms with van der Waals surface area (Å²) in [5, 5.41) is 7.16. The molecule has 19 heavy (non-hydrogen) atoms. The van der Waals surface area contributed by atoms with Crippen LogP contribution in [0.3, 0.4) is 0 Å². The number of para-hydroxylation sites is 1. The Morgan fingerprint density at radius 2 is 2.00 bits per heavy atom. The Kier molecular flexibility index (Phi) is 2.63. The van der Waals surface area contributed by atoms with Crippen molar-refractivity contribution in [3.8, 4) is 0 Å². The molecule has 2 aromatic heterocycles. The maximum absolute atomic E-state index is 13.7. The van der Waals surface area contributed by atoms with Crippen molar-refractivity contribution in [1.29, 1.82) is 0 Å². The molecular weight excluding hydrogens is 245 g/mol. The molecule has 0 bridgehead atoms. The van der Waals surface area contributed by atoms with Gasteiger partial charge in [-0.05, 0) is 26.0 Å². The first kappa shape index (κ1) is 11.6. The zero-order chi connectivity index (χ0) is 13.4. The summed E-state index contributed by atoms with van der Waals surface area (Å²) in [7, 11) is 0. The third kappa shape index (κ3) is 1.91. The van der Waals surface area contributed by atoms with Crippen LogP contribution in [0.5, 0.6) is 0 Å². The van der Waals surface area contributed by atoms with E-state index in [1.807, 2.05) is 13.8 Å². The minimum Gasteiger partial charge on any atom is -0.337 e. The fraction of sp³-hybridized carbons (Fsp3) is 0.154. The number of anilines is 2. The normalized spacial score (nSPS) is 10.9. The highest BCUT2D eigenvalue weighted by Crippen LogP contribution is 2.23. The van der Waals surface area contributed by atoms with Crippen molar-refractivity contribution in [1.82, 2.24) is 19.6 Å². The predicted molar refractivity (Wildman–Crippen MR) is 69.9 cm³/mol. The van der Waals surface area contributed by atoms with Crippen LogP contribution in [0.1, 0.15) is 11.3 Å². The van der Waals surface area contributed by atoms with Gasteiger partial charge in [0.25, 0.3) is 5.78 Å². The van der Waals surface area contributed by atoms with Gasteiger partial charge >= 0.3 is 0 Å². The maximum Gasteiger partial charge on any atom is 0.254 e. The second-order valence-corrected chi connectivity index (χ2v) is 4.25. The summed E-state index contributed by atoms with van der Waals surface area (Å²) in [6.45, 7) is 3.79. The SMILES string of the molecule is Cc1nc2ncnn2c(Nc2ccccc2F)c1C. The molecule has 3 rings (SSSR count). The molecule has 6 heteroatoms. The zero-order valence-electron chi connectivity index (χ0n) is 10.6. The molecular formula is C13H12FN5. The van der Waals surface area contributed by atoms with E-state index >= 15 is 0 Å². The largest absolute Gasteiger partial charge is 0.337 e. The van der Waals surface area contributed by atoms with Crippen molar-refractivity contribution in [2.45, 2.75) is 13.8 Å². The Hall–Kier alpha value is -2.50. The van der Waals surface area contributed by atoms with E-state index in [2.05, 4.69) is 20.4 Å². The van der Waals surface area contributed by atoms with Crippen LogP contribution < -0.4 is 5.32 Å². The van der Waals surface area contributed by atoms with Crippen LogP contribution in [0.25, 0.3) is 5.78 Å². The monoisotopic (exact) mass is 257 g/mol. The number of fused-ring (bicyclic) bond motifs is 1.